The SMILES string of the molecule is CCCOC1CC(C(=O)N2C(C(=O)NC(CCCN=C(N)N)C(=O)O)CC3CCCCC32)N(C(=O)C(CO)NC(=O)C(Cc2ccccc2)NC(=O)CNC(=O)C2CC(O)CN2C(=O)C2CCCN2C(=O)C(CCCN=C(N)N)NC(=O)C(N)CCCN=C(N)N)C1. The van der Waals surface area contributed by atoms with E-state index in [1.807, 2.05) is 6.92 Å². The molecule has 5 fully saturated rings. The summed E-state index contributed by atoms with van der Waals surface area (Å²) in [6.45, 7) is 0.682. The van der Waals surface area contributed by atoms with Crippen LogP contribution in [0.5, 0.6) is 0 Å². The third kappa shape index (κ3) is 20.5. The van der Waals surface area contributed by atoms with Crippen LogP contribution < -0.4 is 66.7 Å². The number of guanidine groups is 3. The summed E-state index contributed by atoms with van der Waals surface area (Å²) in [4.78, 5) is 158. The minimum absolute atomic E-state index is 0.00231. The van der Waals surface area contributed by atoms with Gasteiger partial charge in [-0.3, -0.25) is 58.1 Å². The number of nitrogens with two attached hydrogens (primary N) is 7. The molecule has 33 nitrogen and oxygen atoms in total. The third-order valence-corrected chi connectivity index (χ3v) is 17.3. The van der Waals surface area contributed by atoms with Gasteiger partial charge in [-0.2, -0.15) is 0 Å². The lowest BCUT2D eigenvalue weighted by Gasteiger charge is -2.37. The van der Waals surface area contributed by atoms with Crippen molar-refractivity contribution in [3.63, 3.8) is 0 Å². The molecular weight excluding hydrogens is 1200 g/mol. The van der Waals surface area contributed by atoms with Gasteiger partial charge in [-0.05, 0) is 88.5 Å². The number of likely N-dealkylation sites (tertiary alicyclic amines) is 4. The Hall–Kier alpha value is -8.43. The molecule has 9 amide bonds. The normalized spacial score (nSPS) is 23.3. The number of aliphatic carboxylic acids is 1. The predicted molar refractivity (Wildman–Crippen MR) is 335 cm³/mol. The van der Waals surface area contributed by atoms with Crippen LogP contribution in [0.2, 0.25) is 0 Å². The van der Waals surface area contributed by atoms with E-state index in [-0.39, 0.29) is 134 Å². The molecule has 4 saturated heterocycles. The minimum Gasteiger partial charge on any atom is -0.480 e. The largest absolute Gasteiger partial charge is 0.480 e. The average molecular weight is 1290 g/mol. The van der Waals surface area contributed by atoms with Gasteiger partial charge < -0.3 is 106 Å². The van der Waals surface area contributed by atoms with Gasteiger partial charge in [-0.25, -0.2) is 4.79 Å². The molecule has 0 aromatic heterocycles. The number of aliphatic hydroxyl groups excluding tert-OH is 2. The fraction of sp³-hybridized carbons (Fsp3) is 0.678. The number of ether oxygens (including phenoxy) is 1. The van der Waals surface area contributed by atoms with Crippen molar-refractivity contribution in [1.82, 2.24) is 46.2 Å². The second kappa shape index (κ2) is 35.4. The van der Waals surface area contributed by atoms with Crippen LogP contribution >= 0.6 is 0 Å². The molecule has 13 atom stereocenters. The number of carbonyl (C=O) groups excluding carboxylic acids is 9. The van der Waals surface area contributed by atoms with Gasteiger partial charge in [0, 0.05) is 71.2 Å². The van der Waals surface area contributed by atoms with E-state index >= 15 is 4.79 Å². The number of aliphatic hydroxyl groups is 2. The summed E-state index contributed by atoms with van der Waals surface area (Å²) < 4.78 is 6.09. The maximum atomic E-state index is 15.2. The number of nitrogens with zero attached hydrogens (tertiary/aromatic N) is 7. The molecule has 1 aliphatic carbocycles. The molecule has 0 spiro atoms. The van der Waals surface area contributed by atoms with E-state index in [0.717, 1.165) is 24.2 Å². The van der Waals surface area contributed by atoms with E-state index in [4.69, 9.17) is 44.9 Å². The van der Waals surface area contributed by atoms with Crippen molar-refractivity contribution in [2.45, 2.75) is 189 Å². The van der Waals surface area contributed by atoms with Crippen LogP contribution in [0.1, 0.15) is 115 Å². The predicted octanol–water partition coefficient (Wildman–Crippen LogP) is -5.64. The van der Waals surface area contributed by atoms with Gasteiger partial charge in [-0.1, -0.05) is 50.1 Å². The van der Waals surface area contributed by atoms with Crippen molar-refractivity contribution >= 4 is 77.0 Å². The van der Waals surface area contributed by atoms with Gasteiger partial charge >= 0.3 is 5.97 Å². The topological polar surface area (TPSA) is 533 Å². The van der Waals surface area contributed by atoms with Crippen LogP contribution in [0, 0.1) is 5.92 Å². The molecule has 6 rings (SSSR count). The molecule has 13 unspecified atom stereocenters. The van der Waals surface area contributed by atoms with Gasteiger partial charge in [0.1, 0.15) is 48.3 Å². The standard InChI is InChI=1S/C59H95N19O14/c1-2-24-92-36-28-46(55(89)78-42-18-7-6-14-34(42)26-45(78)51(85)73-39(56(90)91)17-10-22-69-59(65)66)77(31-36)53(87)41(32-79)74-49(83)40(25-33-12-4-3-5-13-33)71-47(81)29-70-50(84)44-27-35(80)30-76(44)54(88)43-19-11-23-75(43)52(86)38(16-9-21-68-58(63)64)72-48(82)37(60)15-8-20-67-57(61)62/h3-5,12-13,34-46,79-80H,2,6-11,14-32,60H2,1H3,(H,70,84)(H,71,81)(H,72,82)(H,73,85)(H,74,83)(H,90,91)(H4,61,62,67)(H4,63,64,68)(H4,65,66,69). The molecule has 510 valence electrons. The van der Waals surface area contributed by atoms with E-state index in [2.05, 4.69) is 41.6 Å². The molecule has 1 aromatic rings. The van der Waals surface area contributed by atoms with Crippen molar-refractivity contribution < 1.29 is 68.0 Å². The first-order valence-electron chi connectivity index (χ1n) is 31.7. The highest BCUT2D eigenvalue weighted by Gasteiger charge is 2.53. The van der Waals surface area contributed by atoms with E-state index < -0.39 is 145 Å². The first kappa shape index (κ1) is 72.6. The number of fused-ring (bicyclic) bond motifs is 1. The number of carboxylic acids is 1. The highest BCUT2D eigenvalue weighted by Crippen LogP contribution is 2.41. The Balaban J connectivity index is 1.13. The highest BCUT2D eigenvalue weighted by molar-refractivity contribution is 5.99. The molecule has 5 aliphatic rings. The second-order valence-corrected chi connectivity index (χ2v) is 24.1. The zero-order valence-electron chi connectivity index (χ0n) is 52.3. The molecule has 92 heavy (non-hydrogen) atoms. The summed E-state index contributed by atoms with van der Waals surface area (Å²) in [7, 11) is 0. The van der Waals surface area contributed by atoms with Crippen molar-refractivity contribution in [2.24, 2.45) is 61.0 Å². The van der Waals surface area contributed by atoms with E-state index in [9.17, 15) is 58.5 Å². The van der Waals surface area contributed by atoms with Gasteiger partial charge in [0.15, 0.2) is 17.9 Å². The molecule has 33 heteroatoms. The molecule has 1 aromatic carbocycles. The second-order valence-electron chi connectivity index (χ2n) is 24.1. The van der Waals surface area contributed by atoms with E-state index in [0.29, 0.717) is 31.2 Å². The number of benzene rings is 1. The number of hydrogen-bond donors (Lipinski definition) is 15. The molecule has 1 saturated carbocycles. The lowest BCUT2D eigenvalue weighted by Crippen LogP contribution is -2.60. The number of rotatable bonds is 33. The van der Waals surface area contributed by atoms with E-state index in [1.165, 1.54) is 14.7 Å². The number of carboxylic acid groups (broad SMARTS) is 1. The third-order valence-electron chi connectivity index (χ3n) is 17.3. The van der Waals surface area contributed by atoms with Crippen molar-refractivity contribution in [2.75, 3.05) is 59.0 Å². The van der Waals surface area contributed by atoms with Crippen LogP contribution in [0.15, 0.2) is 45.3 Å². The Bertz CT molecular complexity index is 2820. The van der Waals surface area contributed by atoms with Gasteiger partial charge in [0.25, 0.3) is 0 Å². The Labute approximate surface area is 534 Å². The molecule has 4 aliphatic heterocycles. The highest BCUT2D eigenvalue weighted by atomic mass is 16.5. The Morgan fingerprint density at radius 3 is 1.88 bits per heavy atom. The summed E-state index contributed by atoms with van der Waals surface area (Å²) in [5.41, 5.74) is 39.4. The van der Waals surface area contributed by atoms with Crippen LogP contribution in [-0.4, -0.2) is 244 Å². The van der Waals surface area contributed by atoms with Gasteiger partial charge in [0.05, 0.1) is 31.4 Å². The smallest absolute Gasteiger partial charge is 0.326 e. The summed E-state index contributed by atoms with van der Waals surface area (Å²) in [6, 6.07) is -3.20. The molecule has 4 heterocycles. The zero-order valence-corrected chi connectivity index (χ0v) is 52.3. The first-order valence-corrected chi connectivity index (χ1v) is 31.7. The molecule has 0 radical (unpaired) electrons. The molecular formula is C59H95N19O14. The number of aliphatic imine (C=N–C) groups is 3. The molecule has 22 N–H and O–H groups in total. The van der Waals surface area contributed by atoms with Gasteiger partial charge in [-0.15, -0.1) is 0 Å². The van der Waals surface area contributed by atoms with Gasteiger partial charge in [0.2, 0.25) is 53.2 Å². The molecule has 0 bridgehead atoms. The maximum Gasteiger partial charge on any atom is 0.326 e. The van der Waals surface area contributed by atoms with E-state index in [1.54, 1.807) is 30.3 Å². The average Bonchev–Trinajstić information content (AvgIpc) is 1.65. The fourth-order valence-corrected chi connectivity index (χ4v) is 12.8. The van der Waals surface area contributed by atoms with Crippen molar-refractivity contribution in [3.8, 4) is 0 Å². The first-order chi connectivity index (χ1) is 43.9. The summed E-state index contributed by atoms with van der Waals surface area (Å²) in [6.07, 6.45) is 3.28. The Kier molecular flexibility index (Phi) is 28.0. The number of β-amino-alcohol motifs (C(OH)–C–C–N with tert-alkyl or cyclic N) is 1. The van der Waals surface area contributed by atoms with Crippen LogP contribution in [0.3, 0.4) is 0 Å². The number of nitrogens with one attached hydrogen (secondary N) is 5. The van der Waals surface area contributed by atoms with Crippen molar-refractivity contribution in [3.05, 3.63) is 35.9 Å². The fourth-order valence-electron chi connectivity index (χ4n) is 12.8. The quantitative estimate of drug-likeness (QED) is 0.0177. The Morgan fingerprint density at radius 1 is 0.630 bits per heavy atom. The van der Waals surface area contributed by atoms with Crippen LogP contribution in [-0.2, 0) is 59.1 Å². The maximum absolute atomic E-state index is 15.2. The lowest BCUT2D eigenvalue weighted by molar-refractivity contribution is -0.151. The zero-order chi connectivity index (χ0) is 67.2. The van der Waals surface area contributed by atoms with Crippen LogP contribution in [0.25, 0.3) is 0 Å². The lowest BCUT2D eigenvalue weighted by atomic mass is 9.84. The number of hydrogen-bond acceptors (Lipinski definition) is 17. The summed E-state index contributed by atoms with van der Waals surface area (Å²) >= 11 is 0. The monoisotopic (exact) mass is 1290 g/mol. The van der Waals surface area contributed by atoms with Crippen LogP contribution in [0.4, 0.5) is 0 Å². The number of carbonyl (C=O) groups is 10. The summed E-state index contributed by atoms with van der Waals surface area (Å²) in [5, 5.41) is 44.9. The van der Waals surface area contributed by atoms with Crippen molar-refractivity contribution in [1.29, 1.82) is 0 Å². The Morgan fingerprint density at radius 2 is 1.25 bits per heavy atom. The minimum atomic E-state index is -1.67. The number of amides is 9. The summed E-state index contributed by atoms with van der Waals surface area (Å²) in [5.74, 6) is -8.42.